The molecule has 1 amide bonds. The molecule has 2 heterocycles. The number of nitrogens with one attached hydrogen (secondary N) is 1. The highest BCUT2D eigenvalue weighted by Crippen LogP contribution is 2.30. The first-order valence-electron chi connectivity index (χ1n) is 8.71. The molecule has 0 bridgehead atoms. The maximum Gasteiger partial charge on any atom is 0.410 e. The summed E-state index contributed by atoms with van der Waals surface area (Å²) in [5, 5.41) is 7.15. The van der Waals surface area contributed by atoms with E-state index in [1.807, 2.05) is 26.8 Å². The van der Waals surface area contributed by atoms with E-state index in [1.54, 1.807) is 4.90 Å². The third-order valence-electron chi connectivity index (χ3n) is 4.34. The maximum atomic E-state index is 13.4. The van der Waals surface area contributed by atoms with Gasteiger partial charge in [0.25, 0.3) is 0 Å². The molecule has 26 heavy (non-hydrogen) atoms. The molecule has 0 aliphatic carbocycles. The average molecular weight is 363 g/mol. The van der Waals surface area contributed by atoms with Crippen molar-refractivity contribution in [3.8, 4) is 11.3 Å². The van der Waals surface area contributed by atoms with Gasteiger partial charge in [0, 0.05) is 36.3 Å². The lowest BCUT2D eigenvalue weighted by molar-refractivity contribution is 0.0204. The Hall–Kier alpha value is -2.44. The smallest absolute Gasteiger partial charge is 0.410 e. The summed E-state index contributed by atoms with van der Waals surface area (Å²) in [6, 6.07) is 5.17. The molecule has 1 saturated heterocycles. The van der Waals surface area contributed by atoms with Gasteiger partial charge in [0.15, 0.2) is 0 Å². The van der Waals surface area contributed by atoms with Crippen molar-refractivity contribution in [3.05, 3.63) is 41.6 Å². The number of nitrogens with zero attached hydrogens (tertiary/aromatic N) is 2. The van der Waals surface area contributed by atoms with Crippen LogP contribution in [0.2, 0.25) is 0 Å². The van der Waals surface area contributed by atoms with Gasteiger partial charge < -0.3 is 9.64 Å². The summed E-state index contributed by atoms with van der Waals surface area (Å²) in [4.78, 5) is 13.8. The standard InChI is InChI=1S/C19H23F2N3O2/c1-19(2,3)26-18(25)24-6-4-12(5-7-24)16-11-17(23-22-16)13-8-14(20)10-15(21)9-13/h8-12H,4-7H2,1-3H3,(H,22,23). The first-order valence-corrected chi connectivity index (χ1v) is 8.71. The second kappa shape index (κ2) is 7.05. The highest BCUT2D eigenvalue weighted by atomic mass is 19.1. The Morgan fingerprint density at radius 2 is 1.77 bits per heavy atom. The van der Waals surface area contributed by atoms with Gasteiger partial charge in [-0.1, -0.05) is 0 Å². The van der Waals surface area contributed by atoms with Crippen molar-refractivity contribution in [2.75, 3.05) is 13.1 Å². The van der Waals surface area contributed by atoms with Crippen molar-refractivity contribution in [1.29, 1.82) is 0 Å². The minimum atomic E-state index is -0.629. The van der Waals surface area contributed by atoms with Crippen molar-refractivity contribution >= 4 is 6.09 Å². The molecular weight excluding hydrogens is 340 g/mol. The molecule has 0 radical (unpaired) electrons. The van der Waals surface area contributed by atoms with Gasteiger partial charge in [-0.2, -0.15) is 5.10 Å². The summed E-state index contributed by atoms with van der Waals surface area (Å²) in [5.41, 5.74) is 1.31. The van der Waals surface area contributed by atoms with Crippen LogP contribution in [0.25, 0.3) is 11.3 Å². The lowest BCUT2D eigenvalue weighted by Crippen LogP contribution is -2.41. The fourth-order valence-electron chi connectivity index (χ4n) is 3.09. The number of likely N-dealkylation sites (tertiary alicyclic amines) is 1. The number of amides is 1. The summed E-state index contributed by atoms with van der Waals surface area (Å²) in [5.74, 6) is -1.04. The predicted molar refractivity (Wildman–Crippen MR) is 93.7 cm³/mol. The van der Waals surface area contributed by atoms with Crippen LogP contribution in [0.3, 0.4) is 0 Å². The van der Waals surface area contributed by atoms with Crippen LogP contribution in [0.1, 0.15) is 45.2 Å². The van der Waals surface area contributed by atoms with Gasteiger partial charge in [0.2, 0.25) is 0 Å². The van der Waals surface area contributed by atoms with Crippen molar-refractivity contribution in [2.45, 2.75) is 45.1 Å². The number of ether oxygens (including phenoxy) is 1. The number of halogens is 2. The van der Waals surface area contributed by atoms with E-state index in [2.05, 4.69) is 10.2 Å². The van der Waals surface area contributed by atoms with Crippen LogP contribution >= 0.6 is 0 Å². The molecule has 1 fully saturated rings. The number of H-pyrrole nitrogens is 1. The number of benzene rings is 1. The third-order valence-corrected chi connectivity index (χ3v) is 4.34. The minimum absolute atomic E-state index is 0.216. The number of hydrogen-bond acceptors (Lipinski definition) is 3. The number of aromatic amines is 1. The Morgan fingerprint density at radius 1 is 1.15 bits per heavy atom. The van der Waals surface area contributed by atoms with Crippen LogP contribution in [0.4, 0.5) is 13.6 Å². The lowest BCUT2D eigenvalue weighted by Gasteiger charge is -2.33. The molecule has 1 aliphatic heterocycles. The Balaban J connectivity index is 1.64. The quantitative estimate of drug-likeness (QED) is 0.856. The zero-order valence-electron chi connectivity index (χ0n) is 15.2. The monoisotopic (exact) mass is 363 g/mol. The molecule has 140 valence electrons. The van der Waals surface area contributed by atoms with Crippen LogP contribution in [-0.4, -0.2) is 39.9 Å². The highest BCUT2D eigenvalue weighted by Gasteiger charge is 2.28. The van der Waals surface area contributed by atoms with Crippen molar-refractivity contribution in [1.82, 2.24) is 15.1 Å². The second-order valence-corrected chi connectivity index (χ2v) is 7.61. The topological polar surface area (TPSA) is 58.2 Å². The van der Waals surface area contributed by atoms with E-state index in [4.69, 9.17) is 4.74 Å². The lowest BCUT2D eigenvalue weighted by atomic mass is 9.93. The Labute approximate surface area is 151 Å². The van der Waals surface area contributed by atoms with Gasteiger partial charge in [-0.25, -0.2) is 13.6 Å². The molecule has 1 aromatic heterocycles. The van der Waals surface area contributed by atoms with E-state index in [-0.39, 0.29) is 12.0 Å². The van der Waals surface area contributed by atoms with E-state index in [0.29, 0.717) is 24.3 Å². The fourth-order valence-corrected chi connectivity index (χ4v) is 3.09. The summed E-state index contributed by atoms with van der Waals surface area (Å²) < 4.78 is 32.2. The van der Waals surface area contributed by atoms with Crippen LogP contribution in [0.15, 0.2) is 24.3 Å². The number of hydrogen-bond donors (Lipinski definition) is 1. The molecule has 0 atom stereocenters. The SMILES string of the molecule is CC(C)(C)OC(=O)N1CCC(c2cc(-c3cc(F)cc(F)c3)n[nH]2)CC1. The Morgan fingerprint density at radius 3 is 2.35 bits per heavy atom. The normalized spacial score (nSPS) is 16.0. The van der Waals surface area contributed by atoms with Crippen LogP contribution < -0.4 is 0 Å². The first-order chi connectivity index (χ1) is 12.2. The number of carbonyl (C=O) groups excluding carboxylic acids is 1. The third kappa shape index (κ3) is 4.39. The zero-order valence-corrected chi connectivity index (χ0v) is 15.2. The van der Waals surface area contributed by atoms with E-state index >= 15 is 0 Å². The number of piperidine rings is 1. The Kier molecular flexibility index (Phi) is 4.98. The fraction of sp³-hybridized carbons (Fsp3) is 0.474. The molecule has 5 nitrogen and oxygen atoms in total. The van der Waals surface area contributed by atoms with Crippen molar-refractivity contribution in [3.63, 3.8) is 0 Å². The van der Waals surface area contributed by atoms with Gasteiger partial charge in [0.1, 0.15) is 17.2 Å². The molecule has 2 aromatic rings. The van der Waals surface area contributed by atoms with Crippen LogP contribution in [0.5, 0.6) is 0 Å². The summed E-state index contributed by atoms with van der Waals surface area (Å²) in [6.07, 6.45) is 1.26. The zero-order chi connectivity index (χ0) is 18.9. The molecule has 7 heteroatoms. The Bertz CT molecular complexity index is 770. The predicted octanol–water partition coefficient (Wildman–Crippen LogP) is 4.47. The minimum Gasteiger partial charge on any atom is -0.444 e. The molecular formula is C19H23F2N3O2. The van der Waals surface area contributed by atoms with Gasteiger partial charge in [-0.3, -0.25) is 5.10 Å². The largest absolute Gasteiger partial charge is 0.444 e. The van der Waals surface area contributed by atoms with E-state index in [9.17, 15) is 13.6 Å². The van der Waals surface area contributed by atoms with E-state index in [0.717, 1.165) is 24.6 Å². The molecule has 0 saturated carbocycles. The van der Waals surface area contributed by atoms with Crippen molar-refractivity contribution in [2.24, 2.45) is 0 Å². The second-order valence-electron chi connectivity index (χ2n) is 7.61. The summed E-state index contributed by atoms with van der Waals surface area (Å²) in [6.45, 7) is 6.74. The highest BCUT2D eigenvalue weighted by molar-refractivity contribution is 5.68. The summed E-state index contributed by atoms with van der Waals surface area (Å²) in [7, 11) is 0. The molecule has 1 N–H and O–H groups in total. The van der Waals surface area contributed by atoms with Gasteiger partial charge in [-0.05, 0) is 51.8 Å². The van der Waals surface area contributed by atoms with Gasteiger partial charge in [-0.15, -0.1) is 0 Å². The van der Waals surface area contributed by atoms with Crippen LogP contribution in [0, 0.1) is 11.6 Å². The van der Waals surface area contributed by atoms with Gasteiger partial charge >= 0.3 is 6.09 Å². The van der Waals surface area contributed by atoms with Gasteiger partial charge in [0.05, 0.1) is 5.69 Å². The summed E-state index contributed by atoms with van der Waals surface area (Å²) >= 11 is 0. The maximum absolute atomic E-state index is 13.4. The van der Waals surface area contributed by atoms with Crippen molar-refractivity contribution < 1.29 is 18.3 Å². The van der Waals surface area contributed by atoms with Crippen LogP contribution in [-0.2, 0) is 4.74 Å². The molecule has 0 unspecified atom stereocenters. The van der Waals surface area contributed by atoms with E-state index < -0.39 is 17.2 Å². The average Bonchev–Trinajstić information content (AvgIpc) is 3.02. The molecule has 3 rings (SSSR count). The van der Waals surface area contributed by atoms with E-state index in [1.165, 1.54) is 12.1 Å². The molecule has 1 aliphatic rings. The number of aromatic nitrogens is 2. The molecule has 0 spiro atoms. The number of carbonyl (C=O) groups is 1. The molecule has 1 aromatic carbocycles. The first kappa shape index (κ1) is 18.4. The number of rotatable bonds is 2.